The SMILES string of the molecule is O=C1NCCC2(CNC2)N1. The summed E-state index contributed by atoms with van der Waals surface area (Å²) >= 11 is 0. The Labute approximate surface area is 59.4 Å². The Morgan fingerprint density at radius 3 is 2.60 bits per heavy atom. The lowest BCUT2D eigenvalue weighted by molar-refractivity contribution is 0.168. The molecular formula is C6H11N3O. The fraction of sp³-hybridized carbons (Fsp3) is 0.833. The van der Waals surface area contributed by atoms with Crippen molar-refractivity contribution in [3.63, 3.8) is 0 Å². The van der Waals surface area contributed by atoms with Crippen LogP contribution < -0.4 is 16.0 Å². The van der Waals surface area contributed by atoms with Gasteiger partial charge in [-0.1, -0.05) is 0 Å². The standard InChI is InChI=1S/C6H11N3O/c10-5-8-2-1-6(9-5)3-7-4-6/h7H,1-4H2,(H2,8,9,10). The molecule has 2 aliphatic rings. The van der Waals surface area contributed by atoms with Crippen molar-refractivity contribution in [1.29, 1.82) is 0 Å². The molecule has 2 amide bonds. The minimum atomic E-state index is -0.0206. The first-order valence-electron chi connectivity index (χ1n) is 3.58. The molecule has 56 valence electrons. The van der Waals surface area contributed by atoms with Gasteiger partial charge in [0.15, 0.2) is 0 Å². The second-order valence-corrected chi connectivity index (χ2v) is 3.01. The zero-order valence-corrected chi connectivity index (χ0v) is 5.74. The Morgan fingerprint density at radius 2 is 2.20 bits per heavy atom. The molecule has 10 heavy (non-hydrogen) atoms. The highest BCUT2D eigenvalue weighted by Gasteiger charge is 2.40. The summed E-state index contributed by atoms with van der Waals surface area (Å²) in [6.07, 6.45) is 1.05. The summed E-state index contributed by atoms with van der Waals surface area (Å²) in [5.74, 6) is 0. The first-order valence-corrected chi connectivity index (χ1v) is 3.58. The van der Waals surface area contributed by atoms with E-state index in [1.165, 1.54) is 0 Å². The highest BCUT2D eigenvalue weighted by Crippen LogP contribution is 2.16. The number of amides is 2. The third kappa shape index (κ3) is 0.759. The molecule has 4 nitrogen and oxygen atoms in total. The topological polar surface area (TPSA) is 53.2 Å². The first-order chi connectivity index (χ1) is 4.81. The number of urea groups is 1. The molecule has 0 unspecified atom stereocenters. The predicted molar refractivity (Wildman–Crippen MR) is 36.8 cm³/mol. The van der Waals surface area contributed by atoms with Crippen molar-refractivity contribution >= 4 is 6.03 Å². The van der Waals surface area contributed by atoms with E-state index in [0.717, 1.165) is 26.1 Å². The van der Waals surface area contributed by atoms with Gasteiger partial charge in [-0.15, -0.1) is 0 Å². The molecule has 0 aromatic rings. The van der Waals surface area contributed by atoms with E-state index in [1.807, 2.05) is 0 Å². The van der Waals surface area contributed by atoms with E-state index >= 15 is 0 Å². The molecule has 4 heteroatoms. The fourth-order valence-corrected chi connectivity index (χ4v) is 1.45. The maximum absolute atomic E-state index is 10.8. The number of carbonyl (C=O) groups excluding carboxylic acids is 1. The predicted octanol–water partition coefficient (Wildman–Crippen LogP) is -0.969. The number of carbonyl (C=O) groups is 1. The zero-order valence-electron chi connectivity index (χ0n) is 5.74. The Kier molecular flexibility index (Phi) is 1.11. The van der Waals surface area contributed by atoms with E-state index in [2.05, 4.69) is 16.0 Å². The van der Waals surface area contributed by atoms with E-state index in [9.17, 15) is 4.79 Å². The second-order valence-electron chi connectivity index (χ2n) is 3.01. The molecule has 0 atom stereocenters. The Bertz CT molecular complexity index is 164. The molecule has 0 aromatic heterocycles. The van der Waals surface area contributed by atoms with Crippen LogP contribution in [-0.2, 0) is 0 Å². The summed E-state index contributed by atoms with van der Waals surface area (Å²) in [5.41, 5.74) is 0.0995. The summed E-state index contributed by atoms with van der Waals surface area (Å²) in [7, 11) is 0. The van der Waals surface area contributed by atoms with Crippen LogP contribution in [0.5, 0.6) is 0 Å². The molecule has 2 saturated heterocycles. The molecule has 2 fully saturated rings. The summed E-state index contributed by atoms with van der Waals surface area (Å²) in [6, 6.07) is -0.0206. The smallest absolute Gasteiger partial charge is 0.315 e. The molecule has 0 aromatic carbocycles. The summed E-state index contributed by atoms with van der Waals surface area (Å²) in [4.78, 5) is 10.8. The minimum Gasteiger partial charge on any atom is -0.338 e. The van der Waals surface area contributed by atoms with Crippen LogP contribution in [0, 0.1) is 0 Å². The molecule has 2 rings (SSSR count). The highest BCUT2D eigenvalue weighted by molar-refractivity contribution is 5.76. The van der Waals surface area contributed by atoms with E-state index < -0.39 is 0 Å². The van der Waals surface area contributed by atoms with Crippen LogP contribution in [0.4, 0.5) is 4.79 Å². The molecule has 2 aliphatic heterocycles. The van der Waals surface area contributed by atoms with E-state index in [4.69, 9.17) is 0 Å². The fourth-order valence-electron chi connectivity index (χ4n) is 1.45. The molecule has 0 saturated carbocycles. The van der Waals surface area contributed by atoms with Gasteiger partial charge in [0.1, 0.15) is 0 Å². The molecule has 2 heterocycles. The van der Waals surface area contributed by atoms with Gasteiger partial charge in [-0.3, -0.25) is 0 Å². The van der Waals surface area contributed by atoms with Crippen LogP contribution in [0.15, 0.2) is 0 Å². The first kappa shape index (κ1) is 5.97. The van der Waals surface area contributed by atoms with Crippen LogP contribution in [0.1, 0.15) is 6.42 Å². The van der Waals surface area contributed by atoms with Crippen LogP contribution in [0.25, 0.3) is 0 Å². The summed E-state index contributed by atoms with van der Waals surface area (Å²) in [5, 5.41) is 8.79. The van der Waals surface area contributed by atoms with Crippen LogP contribution in [-0.4, -0.2) is 31.2 Å². The largest absolute Gasteiger partial charge is 0.338 e. The monoisotopic (exact) mass is 141 g/mol. The maximum Gasteiger partial charge on any atom is 0.315 e. The summed E-state index contributed by atoms with van der Waals surface area (Å²) in [6.45, 7) is 2.67. The van der Waals surface area contributed by atoms with Crippen molar-refractivity contribution in [2.45, 2.75) is 12.0 Å². The van der Waals surface area contributed by atoms with Crippen molar-refractivity contribution in [3.05, 3.63) is 0 Å². The maximum atomic E-state index is 10.8. The van der Waals surface area contributed by atoms with Gasteiger partial charge in [-0.2, -0.15) is 0 Å². The Balaban J connectivity index is 2.02. The van der Waals surface area contributed by atoms with Gasteiger partial charge in [0.2, 0.25) is 0 Å². The molecule has 0 bridgehead atoms. The molecule has 0 aliphatic carbocycles. The number of hydrogen-bond donors (Lipinski definition) is 3. The van der Waals surface area contributed by atoms with Crippen molar-refractivity contribution in [1.82, 2.24) is 16.0 Å². The van der Waals surface area contributed by atoms with Gasteiger partial charge in [0.25, 0.3) is 0 Å². The third-order valence-corrected chi connectivity index (χ3v) is 2.19. The van der Waals surface area contributed by atoms with Crippen molar-refractivity contribution in [3.8, 4) is 0 Å². The zero-order chi connectivity index (χ0) is 7.03. The second kappa shape index (κ2) is 1.85. The van der Waals surface area contributed by atoms with Crippen LogP contribution in [0.3, 0.4) is 0 Å². The van der Waals surface area contributed by atoms with E-state index in [1.54, 1.807) is 0 Å². The minimum absolute atomic E-state index is 0.0206. The normalized spacial score (nSPS) is 28.6. The van der Waals surface area contributed by atoms with Crippen molar-refractivity contribution in [2.24, 2.45) is 0 Å². The molecule has 0 radical (unpaired) electrons. The van der Waals surface area contributed by atoms with E-state index in [-0.39, 0.29) is 11.6 Å². The lowest BCUT2D eigenvalue weighted by Gasteiger charge is -2.45. The Hall–Kier alpha value is -0.770. The van der Waals surface area contributed by atoms with Crippen molar-refractivity contribution < 1.29 is 4.79 Å². The summed E-state index contributed by atoms with van der Waals surface area (Å²) < 4.78 is 0. The van der Waals surface area contributed by atoms with Gasteiger partial charge >= 0.3 is 6.03 Å². The lowest BCUT2D eigenvalue weighted by atomic mass is 9.87. The van der Waals surface area contributed by atoms with Gasteiger partial charge < -0.3 is 16.0 Å². The van der Waals surface area contributed by atoms with E-state index in [0.29, 0.717) is 0 Å². The number of rotatable bonds is 0. The molecular weight excluding hydrogens is 130 g/mol. The number of hydrogen-bond acceptors (Lipinski definition) is 2. The Morgan fingerprint density at radius 1 is 1.40 bits per heavy atom. The third-order valence-electron chi connectivity index (χ3n) is 2.19. The molecule has 3 N–H and O–H groups in total. The average Bonchev–Trinajstić information content (AvgIpc) is 1.85. The lowest BCUT2D eigenvalue weighted by Crippen LogP contribution is -2.73. The van der Waals surface area contributed by atoms with Crippen LogP contribution in [0.2, 0.25) is 0 Å². The highest BCUT2D eigenvalue weighted by atomic mass is 16.2. The van der Waals surface area contributed by atoms with Gasteiger partial charge in [-0.05, 0) is 6.42 Å². The number of nitrogens with one attached hydrogen (secondary N) is 3. The van der Waals surface area contributed by atoms with Gasteiger partial charge in [0, 0.05) is 19.6 Å². The van der Waals surface area contributed by atoms with Crippen molar-refractivity contribution in [2.75, 3.05) is 19.6 Å². The van der Waals surface area contributed by atoms with Gasteiger partial charge in [0.05, 0.1) is 5.54 Å². The quantitative estimate of drug-likeness (QED) is 0.406. The average molecular weight is 141 g/mol. The molecule has 1 spiro atoms. The van der Waals surface area contributed by atoms with Gasteiger partial charge in [-0.25, -0.2) is 4.79 Å². The van der Waals surface area contributed by atoms with Crippen LogP contribution >= 0.6 is 0 Å².